The standard InChI is InChI=1S/C38H42ClF2N5O5/c1-37(2)14-12-24(28(20-37)23-6-8-25(39)9-7-23)21-43-16-18-44(19-17-43)30-13-15-45(22-38(30,40)41)34(49)26-4-3-5-27-32(26)36(51)46(35(27)50)29-10-11-31(47)42-33(29)48/h3-9,29-30H,10-22H2,1-2H3,(H,42,47,48). The van der Waals surface area contributed by atoms with E-state index >= 15 is 8.78 Å². The Morgan fingerprint density at radius 3 is 2.33 bits per heavy atom. The van der Waals surface area contributed by atoms with Gasteiger partial charge in [-0.25, -0.2) is 8.78 Å². The number of hydrogen-bond acceptors (Lipinski definition) is 7. The molecular weight excluding hydrogens is 680 g/mol. The van der Waals surface area contributed by atoms with Gasteiger partial charge in [-0.05, 0) is 72.9 Å². The van der Waals surface area contributed by atoms with Crippen molar-refractivity contribution in [2.24, 2.45) is 5.41 Å². The van der Waals surface area contributed by atoms with Gasteiger partial charge in [-0.1, -0.05) is 49.2 Å². The molecule has 1 N–H and O–H groups in total. The molecule has 51 heavy (non-hydrogen) atoms. The summed E-state index contributed by atoms with van der Waals surface area (Å²) < 4.78 is 31.8. The molecule has 3 saturated heterocycles. The lowest BCUT2D eigenvalue weighted by atomic mass is 9.72. The Labute approximate surface area is 300 Å². The fourth-order valence-corrected chi connectivity index (χ4v) is 8.51. The largest absolute Gasteiger partial charge is 0.332 e. The van der Waals surface area contributed by atoms with E-state index in [1.54, 1.807) is 0 Å². The highest BCUT2D eigenvalue weighted by atomic mass is 35.5. The second-order valence-electron chi connectivity index (χ2n) is 15.2. The third-order valence-electron chi connectivity index (χ3n) is 11.2. The van der Waals surface area contributed by atoms with Gasteiger partial charge in [0, 0.05) is 50.7 Å². The van der Waals surface area contributed by atoms with Crippen LogP contribution in [0.5, 0.6) is 0 Å². The Balaban J connectivity index is 0.999. The summed E-state index contributed by atoms with van der Waals surface area (Å²) in [5.41, 5.74) is 3.72. The van der Waals surface area contributed by atoms with E-state index in [1.807, 2.05) is 17.0 Å². The molecule has 2 atom stereocenters. The first-order valence-corrected chi connectivity index (χ1v) is 18.1. The average Bonchev–Trinajstić information content (AvgIpc) is 3.34. The Bertz CT molecular complexity index is 1820. The quantitative estimate of drug-likeness (QED) is 0.424. The molecule has 4 aliphatic heterocycles. The first kappa shape index (κ1) is 35.4. The zero-order valence-corrected chi connectivity index (χ0v) is 29.6. The van der Waals surface area contributed by atoms with E-state index in [-0.39, 0.29) is 47.9 Å². The van der Waals surface area contributed by atoms with Crippen molar-refractivity contribution in [3.8, 4) is 0 Å². The van der Waals surface area contributed by atoms with Crippen LogP contribution in [0.15, 0.2) is 48.0 Å². The smallest absolute Gasteiger partial charge is 0.280 e. The van der Waals surface area contributed by atoms with E-state index < -0.39 is 54.1 Å². The number of imide groups is 2. The molecule has 7 rings (SSSR count). The molecule has 10 nitrogen and oxygen atoms in total. The van der Waals surface area contributed by atoms with Crippen LogP contribution in [0.1, 0.15) is 89.0 Å². The van der Waals surface area contributed by atoms with Crippen LogP contribution < -0.4 is 5.32 Å². The molecule has 1 aliphatic carbocycles. The second kappa shape index (κ2) is 13.5. The van der Waals surface area contributed by atoms with Crippen LogP contribution in [-0.2, 0) is 9.59 Å². The van der Waals surface area contributed by atoms with Gasteiger partial charge in [0.15, 0.2) is 0 Å². The van der Waals surface area contributed by atoms with Crippen molar-refractivity contribution in [2.75, 3.05) is 45.8 Å². The normalized spacial score (nSPS) is 25.7. The number of hydrogen-bond donors (Lipinski definition) is 1. The number of nitrogens with zero attached hydrogens (tertiary/aromatic N) is 4. The molecule has 2 aromatic carbocycles. The highest BCUT2D eigenvalue weighted by Crippen LogP contribution is 2.43. The van der Waals surface area contributed by atoms with Gasteiger partial charge in [0.1, 0.15) is 6.04 Å². The summed E-state index contributed by atoms with van der Waals surface area (Å²) in [4.78, 5) is 70.7. The number of piperidine rings is 2. The first-order valence-electron chi connectivity index (χ1n) is 17.7. The second-order valence-corrected chi connectivity index (χ2v) is 15.6. The van der Waals surface area contributed by atoms with Gasteiger partial charge in [0.25, 0.3) is 23.6 Å². The number of fused-ring (bicyclic) bond motifs is 1. The minimum Gasteiger partial charge on any atom is -0.332 e. The number of rotatable bonds is 6. The third-order valence-corrected chi connectivity index (χ3v) is 11.4. The molecule has 0 radical (unpaired) electrons. The van der Waals surface area contributed by atoms with E-state index in [1.165, 1.54) is 34.9 Å². The van der Waals surface area contributed by atoms with E-state index in [9.17, 15) is 24.0 Å². The van der Waals surface area contributed by atoms with Crippen molar-refractivity contribution in [3.63, 3.8) is 0 Å². The summed E-state index contributed by atoms with van der Waals surface area (Å²) >= 11 is 6.17. The first-order chi connectivity index (χ1) is 24.2. The summed E-state index contributed by atoms with van der Waals surface area (Å²) in [5.74, 6) is -6.84. The van der Waals surface area contributed by atoms with Gasteiger partial charge < -0.3 is 4.90 Å². The molecule has 3 fully saturated rings. The maximum atomic E-state index is 15.9. The molecular formula is C38H42ClF2N5O5. The summed E-state index contributed by atoms with van der Waals surface area (Å²) in [6.45, 7) is 6.93. The predicted molar refractivity (Wildman–Crippen MR) is 186 cm³/mol. The Hall–Kier alpha value is -4.00. The van der Waals surface area contributed by atoms with Crippen LogP contribution in [0.4, 0.5) is 8.78 Å². The topological polar surface area (TPSA) is 110 Å². The SMILES string of the molecule is CC1(C)CCC(CN2CCN(C3CCN(C(=O)c4cccc5c4C(=O)N(C4CCC(=O)NC4=O)C5=O)CC3(F)F)CC2)=C(c2ccc(Cl)cc2)C1. The number of amides is 5. The maximum absolute atomic E-state index is 15.9. The summed E-state index contributed by atoms with van der Waals surface area (Å²) in [6, 6.07) is 9.93. The zero-order valence-electron chi connectivity index (χ0n) is 28.9. The van der Waals surface area contributed by atoms with Gasteiger partial charge >= 0.3 is 0 Å². The van der Waals surface area contributed by atoms with Crippen LogP contribution in [-0.4, -0.2) is 113 Å². The Morgan fingerprint density at radius 1 is 0.922 bits per heavy atom. The van der Waals surface area contributed by atoms with Gasteiger partial charge in [-0.15, -0.1) is 0 Å². The number of benzene rings is 2. The zero-order chi connectivity index (χ0) is 36.2. The van der Waals surface area contributed by atoms with E-state index in [0.717, 1.165) is 35.6 Å². The number of nitrogens with one attached hydrogen (secondary N) is 1. The van der Waals surface area contributed by atoms with Crippen molar-refractivity contribution in [3.05, 3.63) is 75.3 Å². The lowest BCUT2D eigenvalue weighted by Gasteiger charge is -2.46. The number of carbonyl (C=O) groups is 5. The fourth-order valence-electron chi connectivity index (χ4n) is 8.38. The molecule has 2 unspecified atom stereocenters. The number of alkyl halides is 2. The monoisotopic (exact) mass is 721 g/mol. The number of likely N-dealkylation sites (tertiary alicyclic amines) is 1. The molecule has 5 aliphatic rings. The number of carbonyl (C=O) groups excluding carboxylic acids is 5. The molecule has 270 valence electrons. The van der Waals surface area contributed by atoms with E-state index in [0.29, 0.717) is 31.2 Å². The molecule has 0 saturated carbocycles. The van der Waals surface area contributed by atoms with Crippen LogP contribution >= 0.6 is 11.6 Å². The molecule has 5 amide bonds. The van der Waals surface area contributed by atoms with Crippen LogP contribution in [0.2, 0.25) is 5.02 Å². The Kier molecular flexibility index (Phi) is 9.39. The highest BCUT2D eigenvalue weighted by molar-refractivity contribution is 6.30. The Morgan fingerprint density at radius 2 is 1.65 bits per heavy atom. The molecule has 2 aromatic rings. The molecule has 0 bridgehead atoms. The van der Waals surface area contributed by atoms with Gasteiger partial charge in [-0.3, -0.25) is 44.0 Å². The minimum atomic E-state index is -3.20. The highest BCUT2D eigenvalue weighted by Gasteiger charge is 2.51. The third kappa shape index (κ3) is 6.85. The van der Waals surface area contributed by atoms with Gasteiger partial charge in [-0.2, -0.15) is 0 Å². The predicted octanol–water partition coefficient (Wildman–Crippen LogP) is 4.87. The van der Waals surface area contributed by atoms with Crippen molar-refractivity contribution in [1.29, 1.82) is 0 Å². The molecule has 0 spiro atoms. The van der Waals surface area contributed by atoms with Crippen molar-refractivity contribution < 1.29 is 32.8 Å². The molecule has 4 heterocycles. The number of allylic oxidation sites excluding steroid dienone is 1. The maximum Gasteiger partial charge on any atom is 0.280 e. The van der Waals surface area contributed by atoms with Crippen LogP contribution in [0.25, 0.3) is 5.57 Å². The van der Waals surface area contributed by atoms with Gasteiger partial charge in [0.05, 0.1) is 29.3 Å². The lowest BCUT2D eigenvalue weighted by molar-refractivity contribution is -0.136. The van der Waals surface area contributed by atoms with Crippen LogP contribution in [0.3, 0.4) is 0 Å². The fraction of sp³-hybridized carbons (Fsp3) is 0.500. The van der Waals surface area contributed by atoms with Crippen molar-refractivity contribution >= 4 is 46.7 Å². The summed E-state index contributed by atoms with van der Waals surface area (Å²) in [5, 5.41) is 2.84. The van der Waals surface area contributed by atoms with Crippen LogP contribution in [0, 0.1) is 5.41 Å². The van der Waals surface area contributed by atoms with E-state index in [4.69, 9.17) is 11.6 Å². The summed E-state index contributed by atoms with van der Waals surface area (Å²) in [7, 11) is 0. The van der Waals surface area contributed by atoms with Gasteiger partial charge in [0.2, 0.25) is 11.8 Å². The molecule has 13 heteroatoms. The number of piperazine rings is 1. The van der Waals surface area contributed by atoms with E-state index in [2.05, 4.69) is 36.2 Å². The number of halogens is 3. The minimum absolute atomic E-state index is 0.0337. The molecule has 0 aromatic heterocycles. The van der Waals surface area contributed by atoms with Crippen molar-refractivity contribution in [2.45, 2.75) is 70.4 Å². The lowest BCUT2D eigenvalue weighted by Crippen LogP contribution is -2.62. The average molecular weight is 722 g/mol. The summed E-state index contributed by atoms with van der Waals surface area (Å²) in [6.07, 6.45) is 3.04. The van der Waals surface area contributed by atoms with Crippen molar-refractivity contribution in [1.82, 2.24) is 24.9 Å².